The minimum absolute atomic E-state index is 0.0873. The molecule has 0 saturated heterocycles. The maximum Gasteiger partial charge on any atom is 0.407 e. The molecule has 2 atom stereocenters. The van der Waals surface area contributed by atoms with Crippen molar-refractivity contribution in [1.82, 2.24) is 15.5 Å². The predicted octanol–water partition coefficient (Wildman–Crippen LogP) is 3.82. The maximum atomic E-state index is 11.9. The lowest BCUT2D eigenvalue weighted by Crippen LogP contribution is -2.37. The number of nitrogens with zero attached hydrogens (tertiary/aromatic N) is 2. The van der Waals surface area contributed by atoms with Gasteiger partial charge in [-0.15, -0.1) is 10.2 Å². The molecule has 2 unspecified atom stereocenters. The van der Waals surface area contributed by atoms with Crippen molar-refractivity contribution in [2.45, 2.75) is 64.0 Å². The number of carbonyl (C=O) groups excluding carboxylic acids is 1. The summed E-state index contributed by atoms with van der Waals surface area (Å²) in [5.74, 6) is 1.49. The highest BCUT2D eigenvalue weighted by molar-refractivity contribution is 5.68. The number of hydrogen-bond acceptors (Lipinski definition) is 5. The average Bonchev–Trinajstić information content (AvgIpc) is 3.15. The number of aromatic nitrogens is 2. The van der Waals surface area contributed by atoms with Crippen LogP contribution in [0.1, 0.15) is 63.3 Å². The summed E-state index contributed by atoms with van der Waals surface area (Å²) < 4.78 is 11.1. The molecule has 1 fully saturated rings. The zero-order chi connectivity index (χ0) is 17.9. The summed E-state index contributed by atoms with van der Waals surface area (Å²) in [5.41, 5.74) is 0.662. The second-order valence-electron chi connectivity index (χ2n) is 7.55. The van der Waals surface area contributed by atoms with Gasteiger partial charge in [0.05, 0.1) is 6.42 Å². The molecule has 6 nitrogen and oxygen atoms in total. The number of amides is 1. The third kappa shape index (κ3) is 5.05. The highest BCUT2D eigenvalue weighted by Gasteiger charge is 2.31. The first kappa shape index (κ1) is 17.5. The van der Waals surface area contributed by atoms with E-state index in [2.05, 4.69) is 15.5 Å². The van der Waals surface area contributed by atoms with Crippen LogP contribution in [0.15, 0.2) is 34.7 Å². The number of ether oxygens (including phenoxy) is 1. The lowest BCUT2D eigenvalue weighted by Gasteiger charge is -2.21. The van der Waals surface area contributed by atoms with Crippen molar-refractivity contribution in [1.29, 1.82) is 0 Å². The second-order valence-corrected chi connectivity index (χ2v) is 7.55. The van der Waals surface area contributed by atoms with Crippen LogP contribution in [0.3, 0.4) is 0 Å². The summed E-state index contributed by atoms with van der Waals surface area (Å²) in [6, 6.07) is 10.1. The monoisotopic (exact) mass is 343 g/mol. The molecule has 3 rings (SSSR count). The SMILES string of the molecule is CC(C)(C)OC(=O)NC1CCC(c2nnc(Cc3ccccc3)o2)C1. The third-order valence-electron chi connectivity index (χ3n) is 4.18. The Bertz CT molecular complexity index is 706. The normalized spacial score (nSPS) is 20.4. The van der Waals surface area contributed by atoms with Crippen molar-refractivity contribution >= 4 is 6.09 Å². The van der Waals surface area contributed by atoms with E-state index in [1.165, 1.54) is 0 Å². The number of nitrogens with one attached hydrogen (secondary N) is 1. The van der Waals surface area contributed by atoms with Crippen LogP contribution in [-0.4, -0.2) is 27.9 Å². The molecule has 1 amide bonds. The smallest absolute Gasteiger partial charge is 0.407 e. The minimum atomic E-state index is -0.485. The fraction of sp³-hybridized carbons (Fsp3) is 0.526. The first-order valence-electron chi connectivity index (χ1n) is 8.75. The summed E-state index contributed by atoms with van der Waals surface area (Å²) in [6.45, 7) is 5.57. The third-order valence-corrected chi connectivity index (χ3v) is 4.18. The van der Waals surface area contributed by atoms with E-state index in [0.29, 0.717) is 18.2 Å². The van der Waals surface area contributed by atoms with Crippen molar-refractivity contribution in [3.8, 4) is 0 Å². The Morgan fingerprint density at radius 3 is 2.72 bits per heavy atom. The lowest BCUT2D eigenvalue weighted by molar-refractivity contribution is 0.0505. The van der Waals surface area contributed by atoms with Gasteiger partial charge < -0.3 is 14.5 Å². The molecule has 1 aromatic heterocycles. The topological polar surface area (TPSA) is 77.2 Å². The van der Waals surface area contributed by atoms with E-state index < -0.39 is 5.60 Å². The van der Waals surface area contributed by atoms with Crippen LogP contribution < -0.4 is 5.32 Å². The van der Waals surface area contributed by atoms with Gasteiger partial charge in [0.15, 0.2) is 0 Å². The number of hydrogen-bond donors (Lipinski definition) is 1. The van der Waals surface area contributed by atoms with Crippen molar-refractivity contribution in [3.05, 3.63) is 47.7 Å². The van der Waals surface area contributed by atoms with E-state index in [9.17, 15) is 4.79 Å². The van der Waals surface area contributed by atoms with Crippen LogP contribution in [0.2, 0.25) is 0 Å². The van der Waals surface area contributed by atoms with Gasteiger partial charge in [0.2, 0.25) is 11.8 Å². The average molecular weight is 343 g/mol. The Morgan fingerprint density at radius 2 is 2.00 bits per heavy atom. The van der Waals surface area contributed by atoms with E-state index >= 15 is 0 Å². The molecular formula is C19H25N3O3. The molecule has 0 bridgehead atoms. The van der Waals surface area contributed by atoms with Gasteiger partial charge in [-0.25, -0.2) is 4.79 Å². The first-order valence-corrected chi connectivity index (χ1v) is 8.75. The molecule has 2 aromatic rings. The Hall–Kier alpha value is -2.37. The van der Waals surface area contributed by atoms with E-state index in [1.807, 2.05) is 51.1 Å². The van der Waals surface area contributed by atoms with Crippen LogP contribution in [0, 0.1) is 0 Å². The summed E-state index contributed by atoms with van der Waals surface area (Å²) in [5, 5.41) is 11.3. The van der Waals surface area contributed by atoms with Gasteiger partial charge in [-0.3, -0.25) is 0 Å². The van der Waals surface area contributed by atoms with E-state index in [-0.39, 0.29) is 18.1 Å². The standard InChI is InChI=1S/C19H25N3O3/c1-19(2,3)25-18(23)20-15-10-9-14(12-15)17-22-21-16(24-17)11-13-7-5-4-6-8-13/h4-8,14-15H,9-12H2,1-3H3,(H,20,23). The fourth-order valence-corrected chi connectivity index (χ4v) is 3.08. The van der Waals surface area contributed by atoms with Gasteiger partial charge in [-0.1, -0.05) is 30.3 Å². The van der Waals surface area contributed by atoms with Gasteiger partial charge in [0, 0.05) is 12.0 Å². The van der Waals surface area contributed by atoms with Crippen molar-refractivity contribution in [2.24, 2.45) is 0 Å². The van der Waals surface area contributed by atoms with Crippen LogP contribution in [-0.2, 0) is 11.2 Å². The van der Waals surface area contributed by atoms with Gasteiger partial charge in [-0.2, -0.15) is 0 Å². The Morgan fingerprint density at radius 1 is 1.24 bits per heavy atom. The molecule has 0 aliphatic heterocycles. The van der Waals surface area contributed by atoms with Crippen LogP contribution in [0.5, 0.6) is 0 Å². The number of benzene rings is 1. The first-order chi connectivity index (χ1) is 11.9. The molecule has 1 N–H and O–H groups in total. The number of rotatable bonds is 4. The van der Waals surface area contributed by atoms with Crippen LogP contribution >= 0.6 is 0 Å². The molecule has 0 radical (unpaired) electrons. The minimum Gasteiger partial charge on any atom is -0.444 e. The zero-order valence-electron chi connectivity index (χ0n) is 15.0. The molecule has 1 heterocycles. The highest BCUT2D eigenvalue weighted by Crippen LogP contribution is 2.34. The Balaban J connectivity index is 1.53. The van der Waals surface area contributed by atoms with Gasteiger partial charge in [0.25, 0.3) is 0 Å². The summed E-state index contributed by atoms with van der Waals surface area (Å²) in [4.78, 5) is 11.9. The molecule has 1 aliphatic carbocycles. The quantitative estimate of drug-likeness (QED) is 0.913. The second kappa shape index (κ2) is 7.25. The van der Waals surface area contributed by atoms with E-state index in [4.69, 9.17) is 9.15 Å². The lowest BCUT2D eigenvalue weighted by atomic mass is 10.1. The Kier molecular flexibility index (Phi) is 5.06. The summed E-state index contributed by atoms with van der Waals surface area (Å²) in [7, 11) is 0. The molecular weight excluding hydrogens is 318 g/mol. The van der Waals surface area contributed by atoms with Crippen LogP contribution in [0.4, 0.5) is 4.79 Å². The zero-order valence-corrected chi connectivity index (χ0v) is 15.0. The Labute approximate surface area is 148 Å². The fourth-order valence-electron chi connectivity index (χ4n) is 3.08. The van der Waals surface area contributed by atoms with Crippen molar-refractivity contribution < 1.29 is 13.9 Å². The molecule has 6 heteroatoms. The van der Waals surface area contributed by atoms with Crippen molar-refractivity contribution in [3.63, 3.8) is 0 Å². The van der Waals surface area contributed by atoms with Crippen LogP contribution in [0.25, 0.3) is 0 Å². The van der Waals surface area contributed by atoms with Gasteiger partial charge in [0.1, 0.15) is 5.60 Å². The summed E-state index contributed by atoms with van der Waals surface area (Å²) >= 11 is 0. The molecule has 1 saturated carbocycles. The summed E-state index contributed by atoms with van der Waals surface area (Å²) in [6.07, 6.45) is 2.88. The molecule has 25 heavy (non-hydrogen) atoms. The van der Waals surface area contributed by atoms with E-state index in [0.717, 1.165) is 24.8 Å². The highest BCUT2D eigenvalue weighted by atomic mass is 16.6. The molecule has 1 aliphatic rings. The maximum absolute atomic E-state index is 11.9. The molecule has 1 aromatic carbocycles. The molecule has 0 spiro atoms. The van der Waals surface area contributed by atoms with E-state index in [1.54, 1.807) is 0 Å². The van der Waals surface area contributed by atoms with Gasteiger partial charge >= 0.3 is 6.09 Å². The van der Waals surface area contributed by atoms with Crippen molar-refractivity contribution in [2.75, 3.05) is 0 Å². The van der Waals surface area contributed by atoms with Gasteiger partial charge in [-0.05, 0) is 45.6 Å². The number of carbonyl (C=O) groups is 1. The molecule has 134 valence electrons. The number of alkyl carbamates (subject to hydrolysis) is 1. The predicted molar refractivity (Wildman–Crippen MR) is 93.3 cm³/mol. The largest absolute Gasteiger partial charge is 0.444 e.